The van der Waals surface area contributed by atoms with Crippen molar-refractivity contribution >= 4 is 17.7 Å². The first kappa shape index (κ1) is 13.5. The summed E-state index contributed by atoms with van der Waals surface area (Å²) >= 11 is 0. The molecule has 0 aliphatic carbocycles. The highest BCUT2D eigenvalue weighted by Gasteiger charge is 2.09. The summed E-state index contributed by atoms with van der Waals surface area (Å²) in [6, 6.07) is 9.66. The second-order valence-electron chi connectivity index (χ2n) is 3.77. The maximum absolute atomic E-state index is 10.7. The molecule has 0 amide bonds. The Bertz CT molecular complexity index is 629. The van der Waals surface area contributed by atoms with Crippen LogP contribution in [-0.2, 0) is 0 Å². The molecule has 0 radical (unpaired) electrons. The number of rotatable bonds is 5. The van der Waals surface area contributed by atoms with Gasteiger partial charge < -0.3 is 4.74 Å². The Labute approximate surface area is 115 Å². The Morgan fingerprint density at radius 2 is 2.25 bits per heavy atom. The largest absolute Gasteiger partial charge is 0.496 e. The van der Waals surface area contributed by atoms with Crippen LogP contribution in [0.25, 0.3) is 0 Å². The van der Waals surface area contributed by atoms with Crippen LogP contribution in [0.4, 0.5) is 11.5 Å². The molecule has 1 aromatic heterocycles. The minimum absolute atomic E-state index is 0.0231. The highest BCUT2D eigenvalue weighted by Crippen LogP contribution is 2.22. The van der Waals surface area contributed by atoms with Crippen LogP contribution in [0.15, 0.2) is 47.7 Å². The molecule has 0 aliphatic rings. The predicted molar refractivity (Wildman–Crippen MR) is 75.1 cm³/mol. The summed E-state index contributed by atoms with van der Waals surface area (Å²) < 4.78 is 5.13. The molecule has 1 N–H and O–H groups in total. The van der Waals surface area contributed by atoms with Crippen molar-refractivity contribution in [2.45, 2.75) is 0 Å². The number of pyridine rings is 1. The first-order chi connectivity index (χ1) is 9.70. The van der Waals surface area contributed by atoms with Gasteiger partial charge in [0.2, 0.25) is 0 Å². The van der Waals surface area contributed by atoms with Crippen LogP contribution >= 0.6 is 0 Å². The van der Waals surface area contributed by atoms with E-state index in [0.29, 0.717) is 17.1 Å². The Hall–Kier alpha value is -2.96. The Balaban J connectivity index is 2.18. The molecule has 7 nitrogen and oxygen atoms in total. The number of methoxy groups -OCH3 is 1. The molecular formula is C13H12N4O3. The number of nitrogens with one attached hydrogen (secondary N) is 1. The number of non-ortho nitro benzene ring substituents is 1. The van der Waals surface area contributed by atoms with Crippen LogP contribution in [0.3, 0.4) is 0 Å². The third-order valence-electron chi connectivity index (χ3n) is 2.47. The van der Waals surface area contributed by atoms with Crippen LogP contribution in [-0.4, -0.2) is 23.2 Å². The fourth-order valence-electron chi connectivity index (χ4n) is 1.53. The zero-order chi connectivity index (χ0) is 14.4. The first-order valence-corrected chi connectivity index (χ1v) is 5.73. The summed E-state index contributed by atoms with van der Waals surface area (Å²) in [6.07, 6.45) is 3.08. The number of nitro benzene ring substituents is 1. The zero-order valence-corrected chi connectivity index (χ0v) is 10.7. The van der Waals surface area contributed by atoms with Crippen LogP contribution < -0.4 is 10.2 Å². The van der Waals surface area contributed by atoms with Gasteiger partial charge in [-0.15, -0.1) is 0 Å². The van der Waals surface area contributed by atoms with E-state index < -0.39 is 4.92 Å². The summed E-state index contributed by atoms with van der Waals surface area (Å²) in [6.45, 7) is 0. The number of benzene rings is 1. The van der Waals surface area contributed by atoms with Crippen LogP contribution in [0, 0.1) is 10.1 Å². The van der Waals surface area contributed by atoms with Gasteiger partial charge in [-0.05, 0) is 18.2 Å². The highest BCUT2D eigenvalue weighted by atomic mass is 16.6. The van der Waals surface area contributed by atoms with E-state index in [1.807, 2.05) is 6.07 Å². The normalized spacial score (nSPS) is 10.4. The topological polar surface area (TPSA) is 89.7 Å². The van der Waals surface area contributed by atoms with E-state index in [4.69, 9.17) is 4.74 Å². The minimum Gasteiger partial charge on any atom is -0.496 e. The summed E-state index contributed by atoms with van der Waals surface area (Å²) in [5, 5.41) is 14.7. The second-order valence-corrected chi connectivity index (χ2v) is 3.77. The number of nitro groups is 1. The molecule has 7 heteroatoms. The van der Waals surface area contributed by atoms with Gasteiger partial charge in [-0.25, -0.2) is 4.98 Å². The van der Waals surface area contributed by atoms with E-state index in [1.54, 1.807) is 18.3 Å². The van der Waals surface area contributed by atoms with E-state index >= 15 is 0 Å². The second kappa shape index (κ2) is 6.28. The standard InChI is InChI=1S/C13H12N4O3/c1-20-12-6-5-11(17(18)19)8-10(12)9-15-16-13-4-2-3-7-14-13/h2-9H,1H3,(H,14,16)/b15-9+. The minimum atomic E-state index is -0.469. The molecule has 0 saturated heterocycles. The lowest BCUT2D eigenvalue weighted by Crippen LogP contribution is -1.97. The SMILES string of the molecule is COc1ccc([N+](=O)[O-])cc1/C=N/Nc1ccccn1. The van der Waals surface area contributed by atoms with Crippen molar-refractivity contribution in [1.82, 2.24) is 4.98 Å². The van der Waals surface area contributed by atoms with Gasteiger partial charge in [-0.2, -0.15) is 5.10 Å². The Morgan fingerprint density at radius 3 is 2.90 bits per heavy atom. The first-order valence-electron chi connectivity index (χ1n) is 5.73. The van der Waals surface area contributed by atoms with Crippen molar-refractivity contribution in [3.05, 3.63) is 58.3 Å². The average Bonchev–Trinajstić information content (AvgIpc) is 2.48. The molecule has 1 aromatic carbocycles. The number of nitrogens with zero attached hydrogens (tertiary/aromatic N) is 3. The predicted octanol–water partition coefficient (Wildman–Crippen LogP) is 2.44. The third-order valence-corrected chi connectivity index (χ3v) is 2.47. The highest BCUT2D eigenvalue weighted by molar-refractivity contribution is 5.85. The van der Waals surface area contributed by atoms with E-state index in [2.05, 4.69) is 15.5 Å². The maximum Gasteiger partial charge on any atom is 0.270 e. The van der Waals surface area contributed by atoms with E-state index in [1.165, 1.54) is 31.5 Å². The summed E-state index contributed by atoms with van der Waals surface area (Å²) in [5.74, 6) is 1.08. The van der Waals surface area contributed by atoms with Crippen LogP contribution in [0.1, 0.15) is 5.56 Å². The van der Waals surface area contributed by atoms with Crippen LogP contribution in [0.5, 0.6) is 5.75 Å². The Kier molecular flexibility index (Phi) is 4.23. The molecular weight excluding hydrogens is 260 g/mol. The number of ether oxygens (including phenoxy) is 1. The van der Waals surface area contributed by atoms with Gasteiger partial charge >= 0.3 is 0 Å². The molecule has 0 spiro atoms. The third kappa shape index (κ3) is 3.29. The van der Waals surface area contributed by atoms with Gasteiger partial charge in [0.15, 0.2) is 0 Å². The van der Waals surface area contributed by atoms with Crippen molar-refractivity contribution in [3.8, 4) is 5.75 Å². The smallest absolute Gasteiger partial charge is 0.270 e. The summed E-state index contributed by atoms with van der Waals surface area (Å²) in [7, 11) is 1.49. The van der Waals surface area contributed by atoms with Crippen molar-refractivity contribution in [2.75, 3.05) is 12.5 Å². The molecule has 0 aliphatic heterocycles. The van der Waals surface area contributed by atoms with Crippen molar-refractivity contribution in [2.24, 2.45) is 5.10 Å². The number of anilines is 1. The average molecular weight is 272 g/mol. The van der Waals surface area contributed by atoms with Gasteiger partial charge in [0, 0.05) is 23.9 Å². The number of hydrazone groups is 1. The zero-order valence-electron chi connectivity index (χ0n) is 10.7. The lowest BCUT2D eigenvalue weighted by Gasteiger charge is -2.04. The van der Waals surface area contributed by atoms with Gasteiger partial charge in [-0.1, -0.05) is 6.07 Å². The van der Waals surface area contributed by atoms with Gasteiger partial charge in [0.1, 0.15) is 11.6 Å². The molecule has 0 fully saturated rings. The molecule has 0 bridgehead atoms. The molecule has 0 saturated carbocycles. The molecule has 2 aromatic rings. The number of hydrogen-bond donors (Lipinski definition) is 1. The maximum atomic E-state index is 10.7. The van der Waals surface area contributed by atoms with Gasteiger partial charge in [-0.3, -0.25) is 15.5 Å². The molecule has 0 atom stereocenters. The van der Waals surface area contributed by atoms with E-state index in [9.17, 15) is 10.1 Å². The molecule has 2 rings (SSSR count). The van der Waals surface area contributed by atoms with E-state index in [0.717, 1.165) is 0 Å². The van der Waals surface area contributed by atoms with Crippen molar-refractivity contribution in [3.63, 3.8) is 0 Å². The van der Waals surface area contributed by atoms with Crippen molar-refractivity contribution < 1.29 is 9.66 Å². The molecule has 0 unspecified atom stereocenters. The lowest BCUT2D eigenvalue weighted by atomic mass is 10.2. The fraction of sp³-hybridized carbons (Fsp3) is 0.0769. The van der Waals surface area contributed by atoms with Gasteiger partial charge in [0.05, 0.1) is 18.2 Å². The van der Waals surface area contributed by atoms with Gasteiger partial charge in [0.25, 0.3) is 5.69 Å². The molecule has 1 heterocycles. The lowest BCUT2D eigenvalue weighted by molar-refractivity contribution is -0.384. The fourth-order valence-corrected chi connectivity index (χ4v) is 1.53. The number of aromatic nitrogens is 1. The molecule has 102 valence electrons. The monoisotopic (exact) mass is 272 g/mol. The van der Waals surface area contributed by atoms with Crippen molar-refractivity contribution in [1.29, 1.82) is 0 Å². The molecule has 20 heavy (non-hydrogen) atoms. The Morgan fingerprint density at radius 1 is 1.40 bits per heavy atom. The quantitative estimate of drug-likeness (QED) is 0.513. The summed E-state index contributed by atoms with van der Waals surface area (Å²) in [4.78, 5) is 14.3. The van der Waals surface area contributed by atoms with E-state index in [-0.39, 0.29) is 5.69 Å². The summed E-state index contributed by atoms with van der Waals surface area (Å²) in [5.41, 5.74) is 3.21. The van der Waals surface area contributed by atoms with Crippen LogP contribution in [0.2, 0.25) is 0 Å². The number of hydrogen-bond acceptors (Lipinski definition) is 6.